The number of nitrogens with zero attached hydrogens (tertiary/aromatic N) is 1. The van der Waals surface area contributed by atoms with Crippen LogP contribution in [0.3, 0.4) is 0 Å². The summed E-state index contributed by atoms with van der Waals surface area (Å²) in [6.45, 7) is 0. The molecule has 0 saturated carbocycles. The van der Waals surface area contributed by atoms with E-state index in [0.29, 0.717) is 6.07 Å². The first-order chi connectivity index (χ1) is 6.86. The quantitative estimate of drug-likeness (QED) is 0.618. The SMILES string of the molecule is CNc1ccc(C(F)(F)F)cc1[N+](=O)[O-].[HH]. The van der Waals surface area contributed by atoms with Gasteiger partial charge in [0.25, 0.3) is 5.69 Å². The van der Waals surface area contributed by atoms with Crippen molar-refractivity contribution in [2.45, 2.75) is 6.18 Å². The number of nitrogens with one attached hydrogen (secondary N) is 1. The number of benzene rings is 1. The normalized spacial score (nSPS) is 11.2. The first-order valence-corrected chi connectivity index (χ1v) is 3.89. The van der Waals surface area contributed by atoms with Gasteiger partial charge in [0.1, 0.15) is 5.69 Å². The van der Waals surface area contributed by atoms with Gasteiger partial charge in [-0.05, 0) is 12.1 Å². The lowest BCUT2D eigenvalue weighted by atomic mass is 10.1. The van der Waals surface area contributed by atoms with E-state index in [9.17, 15) is 23.3 Å². The van der Waals surface area contributed by atoms with Crippen LogP contribution >= 0.6 is 0 Å². The fourth-order valence-corrected chi connectivity index (χ4v) is 1.07. The van der Waals surface area contributed by atoms with Gasteiger partial charge in [0.15, 0.2) is 0 Å². The Hall–Kier alpha value is -1.79. The lowest BCUT2D eigenvalue weighted by molar-refractivity contribution is -0.384. The molecule has 1 rings (SSSR count). The highest BCUT2D eigenvalue weighted by atomic mass is 19.4. The average molecular weight is 222 g/mol. The summed E-state index contributed by atoms with van der Waals surface area (Å²) >= 11 is 0. The van der Waals surface area contributed by atoms with Crippen LogP contribution in [0.15, 0.2) is 18.2 Å². The smallest absolute Gasteiger partial charge is 0.383 e. The van der Waals surface area contributed by atoms with Crippen LogP contribution in [0.2, 0.25) is 0 Å². The standard InChI is InChI=1S/C8H7F3N2O2.H2/c1-12-6-3-2-5(8(9,10)11)4-7(6)13(14)15;/h2-4,12H,1H3;1H. The van der Waals surface area contributed by atoms with E-state index in [2.05, 4.69) is 5.32 Å². The van der Waals surface area contributed by atoms with Crippen LogP contribution in [-0.4, -0.2) is 12.0 Å². The number of hydrogen-bond donors (Lipinski definition) is 1. The van der Waals surface area contributed by atoms with Crippen LogP contribution in [0.4, 0.5) is 24.5 Å². The van der Waals surface area contributed by atoms with Crippen molar-refractivity contribution in [1.82, 2.24) is 0 Å². The van der Waals surface area contributed by atoms with Gasteiger partial charge in [-0.25, -0.2) is 0 Å². The fraction of sp³-hybridized carbons (Fsp3) is 0.250. The Morgan fingerprint density at radius 1 is 1.47 bits per heavy atom. The average Bonchev–Trinajstić information content (AvgIpc) is 2.15. The molecule has 0 spiro atoms. The van der Waals surface area contributed by atoms with Gasteiger partial charge in [-0.2, -0.15) is 13.2 Å². The van der Waals surface area contributed by atoms with Crippen molar-refractivity contribution in [2.24, 2.45) is 0 Å². The summed E-state index contributed by atoms with van der Waals surface area (Å²) in [5, 5.41) is 12.9. The van der Waals surface area contributed by atoms with E-state index in [4.69, 9.17) is 0 Å². The van der Waals surface area contributed by atoms with E-state index in [-0.39, 0.29) is 7.11 Å². The monoisotopic (exact) mass is 222 g/mol. The zero-order valence-electron chi connectivity index (χ0n) is 7.63. The van der Waals surface area contributed by atoms with E-state index in [1.165, 1.54) is 7.05 Å². The first-order valence-electron chi connectivity index (χ1n) is 3.89. The second kappa shape index (κ2) is 3.76. The van der Waals surface area contributed by atoms with Crippen LogP contribution in [0.5, 0.6) is 0 Å². The van der Waals surface area contributed by atoms with Crippen molar-refractivity contribution in [3.8, 4) is 0 Å². The van der Waals surface area contributed by atoms with Crippen molar-refractivity contribution >= 4 is 11.4 Å². The summed E-state index contributed by atoms with van der Waals surface area (Å²) < 4.78 is 36.7. The second-order valence-electron chi connectivity index (χ2n) is 2.74. The van der Waals surface area contributed by atoms with Gasteiger partial charge in [-0.15, -0.1) is 0 Å². The van der Waals surface area contributed by atoms with Gasteiger partial charge in [0, 0.05) is 14.5 Å². The molecule has 1 aromatic carbocycles. The highest BCUT2D eigenvalue weighted by Gasteiger charge is 2.32. The zero-order valence-corrected chi connectivity index (χ0v) is 7.63. The first kappa shape index (κ1) is 11.3. The predicted molar refractivity (Wildman–Crippen MR) is 49.8 cm³/mol. The predicted octanol–water partition coefficient (Wildman–Crippen LogP) is 2.90. The molecule has 0 aliphatic rings. The molecule has 0 saturated heterocycles. The molecule has 15 heavy (non-hydrogen) atoms. The molecular weight excluding hydrogens is 213 g/mol. The Morgan fingerprint density at radius 3 is 2.47 bits per heavy atom. The fourth-order valence-electron chi connectivity index (χ4n) is 1.07. The third kappa shape index (κ3) is 2.36. The largest absolute Gasteiger partial charge is 0.416 e. The molecule has 84 valence electrons. The highest BCUT2D eigenvalue weighted by molar-refractivity contribution is 5.62. The molecule has 1 N–H and O–H groups in total. The molecule has 4 nitrogen and oxygen atoms in total. The maximum absolute atomic E-state index is 12.2. The summed E-state index contributed by atoms with van der Waals surface area (Å²) in [6.07, 6.45) is -4.57. The van der Waals surface area contributed by atoms with E-state index < -0.39 is 22.4 Å². The van der Waals surface area contributed by atoms with Crippen molar-refractivity contribution in [3.05, 3.63) is 33.9 Å². The number of hydrogen-bond acceptors (Lipinski definition) is 3. The number of anilines is 1. The molecule has 0 fully saturated rings. The van der Waals surface area contributed by atoms with Crippen LogP contribution < -0.4 is 5.32 Å². The Balaban J connectivity index is 0.00000225. The molecule has 0 amide bonds. The Morgan fingerprint density at radius 2 is 2.07 bits per heavy atom. The number of nitro benzene ring substituents is 1. The summed E-state index contributed by atoms with van der Waals surface area (Å²) in [4.78, 5) is 9.60. The minimum absolute atomic E-state index is 0. The van der Waals surface area contributed by atoms with Gasteiger partial charge in [0.05, 0.1) is 10.5 Å². The van der Waals surface area contributed by atoms with Crippen LogP contribution in [0.25, 0.3) is 0 Å². The van der Waals surface area contributed by atoms with E-state index in [1.54, 1.807) is 0 Å². The Kier molecular flexibility index (Phi) is 2.83. The van der Waals surface area contributed by atoms with Crippen LogP contribution in [0, 0.1) is 10.1 Å². The second-order valence-corrected chi connectivity index (χ2v) is 2.74. The molecule has 7 heteroatoms. The third-order valence-electron chi connectivity index (χ3n) is 1.79. The maximum atomic E-state index is 12.2. The molecule has 0 aliphatic carbocycles. The molecule has 1 aromatic rings. The van der Waals surface area contributed by atoms with Crippen molar-refractivity contribution < 1.29 is 19.5 Å². The zero-order chi connectivity index (χ0) is 11.6. The molecule has 0 unspecified atom stereocenters. The Bertz CT molecular complexity index is 395. The lowest BCUT2D eigenvalue weighted by Crippen LogP contribution is -2.06. The molecule has 0 aliphatic heterocycles. The lowest BCUT2D eigenvalue weighted by Gasteiger charge is -2.08. The summed E-state index contributed by atoms with van der Waals surface area (Å²) in [7, 11) is 1.40. The van der Waals surface area contributed by atoms with E-state index >= 15 is 0 Å². The molecule has 0 atom stereocenters. The van der Waals surface area contributed by atoms with E-state index in [0.717, 1.165) is 12.1 Å². The topological polar surface area (TPSA) is 55.2 Å². The van der Waals surface area contributed by atoms with Gasteiger partial charge < -0.3 is 5.32 Å². The number of alkyl halides is 3. The number of rotatable bonds is 2. The molecular formula is C8H9F3N2O2. The Labute approximate surface area is 84.3 Å². The molecule has 0 aromatic heterocycles. The van der Waals surface area contributed by atoms with Gasteiger partial charge in [0.2, 0.25) is 0 Å². The summed E-state index contributed by atoms with van der Waals surface area (Å²) in [5.41, 5.74) is -1.58. The van der Waals surface area contributed by atoms with Crippen LogP contribution in [0.1, 0.15) is 6.99 Å². The summed E-state index contributed by atoms with van der Waals surface area (Å²) in [5.74, 6) is 0. The van der Waals surface area contributed by atoms with Crippen LogP contribution in [-0.2, 0) is 6.18 Å². The molecule has 0 radical (unpaired) electrons. The highest BCUT2D eigenvalue weighted by Crippen LogP contribution is 2.34. The van der Waals surface area contributed by atoms with Gasteiger partial charge >= 0.3 is 6.18 Å². The number of halogens is 3. The van der Waals surface area contributed by atoms with Crippen molar-refractivity contribution in [3.63, 3.8) is 0 Å². The van der Waals surface area contributed by atoms with E-state index in [1.807, 2.05) is 0 Å². The summed E-state index contributed by atoms with van der Waals surface area (Å²) in [6, 6.07) is 2.33. The molecule has 0 bridgehead atoms. The third-order valence-corrected chi connectivity index (χ3v) is 1.79. The minimum Gasteiger partial charge on any atom is -0.383 e. The van der Waals surface area contributed by atoms with Gasteiger partial charge in [-0.1, -0.05) is 0 Å². The minimum atomic E-state index is -4.57. The van der Waals surface area contributed by atoms with Crippen molar-refractivity contribution in [2.75, 3.05) is 12.4 Å². The number of nitro groups is 1. The maximum Gasteiger partial charge on any atom is 0.416 e. The van der Waals surface area contributed by atoms with Crippen molar-refractivity contribution in [1.29, 1.82) is 0 Å². The molecule has 0 heterocycles. The van der Waals surface area contributed by atoms with Gasteiger partial charge in [-0.3, -0.25) is 10.1 Å².